The van der Waals surface area contributed by atoms with Gasteiger partial charge in [0.25, 0.3) is 0 Å². The fraction of sp³-hybridized carbons (Fsp3) is 0.650. The van der Waals surface area contributed by atoms with Gasteiger partial charge in [-0.25, -0.2) is 0 Å². The number of ether oxygens (including phenoxy) is 1. The second-order valence-electron chi connectivity index (χ2n) is 7.11. The van der Waals surface area contributed by atoms with Gasteiger partial charge in [-0.1, -0.05) is 19.1 Å². The largest absolute Gasteiger partial charge is 0.491 e. The van der Waals surface area contributed by atoms with Crippen molar-refractivity contribution in [3.63, 3.8) is 0 Å². The predicted molar refractivity (Wildman–Crippen MR) is 99.6 cm³/mol. The fourth-order valence-electron chi connectivity index (χ4n) is 3.24. The lowest BCUT2D eigenvalue weighted by Gasteiger charge is -2.31. The fourth-order valence-corrected chi connectivity index (χ4v) is 3.24. The first kappa shape index (κ1) is 19.7. The number of hydrogen-bond acceptors (Lipinski definition) is 4. The Morgan fingerprint density at radius 3 is 2.48 bits per heavy atom. The summed E-state index contributed by atoms with van der Waals surface area (Å²) in [5, 5.41) is 13.2. The zero-order chi connectivity index (χ0) is 18.2. The lowest BCUT2D eigenvalue weighted by atomic mass is 9.95. The van der Waals surface area contributed by atoms with Crippen molar-refractivity contribution in [2.24, 2.45) is 5.92 Å². The van der Waals surface area contributed by atoms with Crippen LogP contribution in [0.25, 0.3) is 0 Å². The average Bonchev–Trinajstić information content (AvgIpc) is 2.60. The summed E-state index contributed by atoms with van der Waals surface area (Å²) in [5.41, 5.74) is 0.786. The number of piperidine rings is 1. The van der Waals surface area contributed by atoms with Crippen LogP contribution in [0.4, 0.5) is 0 Å². The van der Waals surface area contributed by atoms with Gasteiger partial charge in [0.15, 0.2) is 0 Å². The molecule has 1 aliphatic heterocycles. The van der Waals surface area contributed by atoms with E-state index in [1.807, 2.05) is 38.1 Å². The number of carbonyl (C=O) groups is 1. The number of amides is 1. The van der Waals surface area contributed by atoms with Gasteiger partial charge in [0.1, 0.15) is 5.75 Å². The zero-order valence-corrected chi connectivity index (χ0v) is 15.7. The van der Waals surface area contributed by atoms with Crippen LogP contribution in [0, 0.1) is 5.92 Å². The van der Waals surface area contributed by atoms with Gasteiger partial charge < -0.3 is 20.1 Å². The summed E-state index contributed by atoms with van der Waals surface area (Å²) in [6.07, 6.45) is 2.40. The van der Waals surface area contributed by atoms with E-state index in [1.165, 1.54) is 0 Å². The maximum Gasteiger partial charge on any atom is 0.223 e. The molecule has 1 aromatic rings. The van der Waals surface area contributed by atoms with Gasteiger partial charge in [0.2, 0.25) is 5.91 Å². The quantitative estimate of drug-likeness (QED) is 0.758. The Morgan fingerprint density at radius 2 is 1.92 bits per heavy atom. The molecule has 1 aromatic carbocycles. The summed E-state index contributed by atoms with van der Waals surface area (Å²) < 4.78 is 5.60. The molecule has 0 aliphatic carbocycles. The predicted octanol–water partition coefficient (Wildman–Crippen LogP) is 2.75. The Balaban J connectivity index is 1.75. The van der Waals surface area contributed by atoms with Crippen LogP contribution >= 0.6 is 0 Å². The van der Waals surface area contributed by atoms with E-state index in [1.54, 1.807) is 0 Å². The molecule has 0 bridgehead atoms. The average molecular weight is 348 g/mol. The van der Waals surface area contributed by atoms with Crippen LogP contribution in [0.15, 0.2) is 24.3 Å². The van der Waals surface area contributed by atoms with Crippen molar-refractivity contribution in [2.45, 2.75) is 52.2 Å². The minimum Gasteiger partial charge on any atom is -0.491 e. The Labute approximate surface area is 151 Å². The van der Waals surface area contributed by atoms with Crippen LogP contribution in [0.3, 0.4) is 0 Å². The normalized spacial score (nSPS) is 17.5. The molecule has 1 unspecified atom stereocenters. The Bertz CT molecular complexity index is 522. The summed E-state index contributed by atoms with van der Waals surface area (Å²) in [4.78, 5) is 14.7. The second kappa shape index (κ2) is 9.78. The van der Waals surface area contributed by atoms with Gasteiger partial charge in [-0.2, -0.15) is 0 Å². The van der Waals surface area contributed by atoms with Crippen LogP contribution in [0.5, 0.6) is 5.75 Å². The van der Waals surface area contributed by atoms with Crippen LogP contribution < -0.4 is 10.1 Å². The number of hydrogen-bond donors (Lipinski definition) is 2. The molecular weight excluding hydrogens is 316 g/mol. The third kappa shape index (κ3) is 6.33. The molecule has 1 amide bonds. The SMILES string of the molecule is CCCN1CCC(C(=O)NCC(O)c2ccc(OC(C)C)cc2)CC1. The number of aliphatic hydroxyl groups excluding tert-OH is 1. The van der Waals surface area contributed by atoms with Gasteiger partial charge in [-0.3, -0.25) is 4.79 Å². The molecule has 25 heavy (non-hydrogen) atoms. The molecule has 0 spiro atoms. The first-order valence-corrected chi connectivity index (χ1v) is 9.44. The molecular formula is C20H32N2O3. The highest BCUT2D eigenvalue weighted by Gasteiger charge is 2.24. The number of aliphatic hydroxyl groups is 1. The second-order valence-corrected chi connectivity index (χ2v) is 7.11. The maximum absolute atomic E-state index is 12.3. The monoisotopic (exact) mass is 348 g/mol. The van der Waals surface area contributed by atoms with Crippen LogP contribution in [0.1, 0.15) is 51.7 Å². The van der Waals surface area contributed by atoms with E-state index in [0.717, 1.165) is 50.2 Å². The highest BCUT2D eigenvalue weighted by Crippen LogP contribution is 2.20. The van der Waals surface area contributed by atoms with E-state index in [0.29, 0.717) is 0 Å². The number of carbonyl (C=O) groups excluding carboxylic acids is 1. The number of likely N-dealkylation sites (tertiary alicyclic amines) is 1. The molecule has 1 fully saturated rings. The zero-order valence-electron chi connectivity index (χ0n) is 15.7. The summed E-state index contributed by atoms with van der Waals surface area (Å²) in [6, 6.07) is 7.39. The minimum absolute atomic E-state index is 0.0648. The number of nitrogens with one attached hydrogen (secondary N) is 1. The van der Waals surface area contributed by atoms with E-state index >= 15 is 0 Å². The van der Waals surface area contributed by atoms with Crippen molar-refractivity contribution < 1.29 is 14.6 Å². The Morgan fingerprint density at radius 1 is 1.28 bits per heavy atom. The molecule has 0 aromatic heterocycles. The van der Waals surface area contributed by atoms with Crippen molar-refractivity contribution in [3.05, 3.63) is 29.8 Å². The minimum atomic E-state index is -0.697. The molecule has 1 saturated heterocycles. The first-order chi connectivity index (χ1) is 12.0. The van der Waals surface area contributed by atoms with Crippen molar-refractivity contribution in [1.29, 1.82) is 0 Å². The van der Waals surface area contributed by atoms with E-state index < -0.39 is 6.10 Å². The van der Waals surface area contributed by atoms with Crippen molar-refractivity contribution in [1.82, 2.24) is 10.2 Å². The Hall–Kier alpha value is -1.59. The molecule has 0 radical (unpaired) electrons. The van der Waals surface area contributed by atoms with Gasteiger partial charge in [0, 0.05) is 12.5 Å². The molecule has 1 aliphatic rings. The van der Waals surface area contributed by atoms with Crippen molar-refractivity contribution >= 4 is 5.91 Å². The summed E-state index contributed by atoms with van der Waals surface area (Å²) in [7, 11) is 0. The van der Waals surface area contributed by atoms with E-state index in [2.05, 4.69) is 17.1 Å². The van der Waals surface area contributed by atoms with Crippen molar-refractivity contribution in [2.75, 3.05) is 26.2 Å². The molecule has 5 nitrogen and oxygen atoms in total. The van der Waals surface area contributed by atoms with E-state index in [-0.39, 0.29) is 24.5 Å². The van der Waals surface area contributed by atoms with Gasteiger partial charge in [-0.15, -0.1) is 0 Å². The van der Waals surface area contributed by atoms with Crippen molar-refractivity contribution in [3.8, 4) is 5.75 Å². The molecule has 2 N–H and O–H groups in total. The molecule has 140 valence electrons. The third-order valence-electron chi connectivity index (χ3n) is 4.60. The highest BCUT2D eigenvalue weighted by atomic mass is 16.5. The Kier molecular flexibility index (Phi) is 7.72. The summed E-state index contributed by atoms with van der Waals surface area (Å²) in [6.45, 7) is 9.48. The molecule has 0 saturated carbocycles. The number of nitrogens with zero attached hydrogens (tertiary/aromatic N) is 1. The van der Waals surface area contributed by atoms with Crippen LogP contribution in [-0.4, -0.2) is 48.2 Å². The summed E-state index contributed by atoms with van der Waals surface area (Å²) in [5.74, 6) is 0.922. The summed E-state index contributed by atoms with van der Waals surface area (Å²) >= 11 is 0. The topological polar surface area (TPSA) is 61.8 Å². The van der Waals surface area contributed by atoms with Crippen LogP contribution in [-0.2, 0) is 4.79 Å². The maximum atomic E-state index is 12.3. The lowest BCUT2D eigenvalue weighted by Crippen LogP contribution is -2.41. The smallest absolute Gasteiger partial charge is 0.223 e. The van der Waals surface area contributed by atoms with Gasteiger partial charge in [-0.05, 0) is 70.4 Å². The molecule has 2 rings (SSSR count). The van der Waals surface area contributed by atoms with Gasteiger partial charge >= 0.3 is 0 Å². The van der Waals surface area contributed by atoms with E-state index in [9.17, 15) is 9.90 Å². The van der Waals surface area contributed by atoms with Gasteiger partial charge in [0.05, 0.1) is 12.2 Å². The number of rotatable bonds is 8. The van der Waals surface area contributed by atoms with Crippen LogP contribution in [0.2, 0.25) is 0 Å². The third-order valence-corrected chi connectivity index (χ3v) is 4.60. The lowest BCUT2D eigenvalue weighted by molar-refractivity contribution is -0.126. The molecule has 1 heterocycles. The molecule has 5 heteroatoms. The number of benzene rings is 1. The first-order valence-electron chi connectivity index (χ1n) is 9.44. The highest BCUT2D eigenvalue weighted by molar-refractivity contribution is 5.78. The standard InChI is InChI=1S/C20H32N2O3/c1-4-11-22-12-9-17(10-13-22)20(24)21-14-19(23)16-5-7-18(8-6-16)25-15(2)3/h5-8,15,17,19,23H,4,9-14H2,1-3H3,(H,21,24). The molecule has 1 atom stereocenters. The van der Waals surface area contributed by atoms with E-state index in [4.69, 9.17) is 4.74 Å².